The Balaban J connectivity index is 1.54. The van der Waals surface area contributed by atoms with Crippen molar-refractivity contribution in [2.24, 2.45) is 0 Å². The van der Waals surface area contributed by atoms with Crippen LogP contribution in [-0.4, -0.2) is 64.7 Å². The summed E-state index contributed by atoms with van der Waals surface area (Å²) in [7, 11) is 2.08. The second-order valence-corrected chi connectivity index (χ2v) is 6.53. The summed E-state index contributed by atoms with van der Waals surface area (Å²) in [5.41, 5.74) is 0. The van der Waals surface area contributed by atoms with Crippen LogP contribution in [-0.2, 0) is 16.1 Å². The molecule has 2 atom stereocenters. The van der Waals surface area contributed by atoms with E-state index in [0.29, 0.717) is 25.1 Å². The van der Waals surface area contributed by atoms with Gasteiger partial charge in [0.05, 0.1) is 13.2 Å². The molecule has 0 bridgehead atoms. The monoisotopic (exact) mass is 308 g/mol. The van der Waals surface area contributed by atoms with E-state index < -0.39 is 0 Å². The number of carbonyl (C=O) groups is 1. The van der Waals surface area contributed by atoms with Crippen LogP contribution in [0.4, 0.5) is 0 Å². The molecule has 2 aliphatic rings. The van der Waals surface area contributed by atoms with Crippen LogP contribution in [0.5, 0.6) is 0 Å². The number of aromatic nitrogens is 2. The molecule has 7 heteroatoms. The Labute approximate surface area is 130 Å². The van der Waals surface area contributed by atoms with E-state index >= 15 is 0 Å². The SMILES string of the molecule is CC(C)c1nc(CN(C)[C@@H]2CCN([C@H]3CCOC3=O)C2)no1. The zero-order chi connectivity index (χ0) is 15.7. The number of cyclic esters (lactones) is 1. The fraction of sp³-hybridized carbons (Fsp3) is 0.800. The summed E-state index contributed by atoms with van der Waals surface area (Å²) in [5, 5.41) is 4.04. The average molecular weight is 308 g/mol. The molecule has 3 heterocycles. The highest BCUT2D eigenvalue weighted by atomic mass is 16.5. The standard InChI is InChI=1S/C15H24N4O3/c1-10(2)14-16-13(17-22-14)9-18(3)11-4-6-19(8-11)12-5-7-21-15(12)20/h10-12H,4-9H2,1-3H3/t11-,12+/m1/s1. The highest BCUT2D eigenvalue weighted by molar-refractivity contribution is 5.77. The van der Waals surface area contributed by atoms with Gasteiger partial charge < -0.3 is 9.26 Å². The van der Waals surface area contributed by atoms with Gasteiger partial charge in [-0.2, -0.15) is 4.98 Å². The van der Waals surface area contributed by atoms with Crippen LogP contribution in [0, 0.1) is 0 Å². The van der Waals surface area contributed by atoms with Crippen molar-refractivity contribution in [3.05, 3.63) is 11.7 Å². The Morgan fingerprint density at radius 2 is 2.23 bits per heavy atom. The molecule has 0 saturated carbocycles. The minimum absolute atomic E-state index is 0.0453. The van der Waals surface area contributed by atoms with Crippen molar-refractivity contribution in [1.82, 2.24) is 19.9 Å². The maximum Gasteiger partial charge on any atom is 0.323 e. The molecule has 0 spiro atoms. The highest BCUT2D eigenvalue weighted by Crippen LogP contribution is 2.23. The number of rotatable bonds is 5. The molecule has 22 heavy (non-hydrogen) atoms. The lowest BCUT2D eigenvalue weighted by molar-refractivity contribution is -0.142. The molecule has 0 radical (unpaired) electrons. The van der Waals surface area contributed by atoms with Crippen LogP contribution in [0.25, 0.3) is 0 Å². The van der Waals surface area contributed by atoms with E-state index in [1.54, 1.807) is 0 Å². The van der Waals surface area contributed by atoms with Crippen molar-refractivity contribution >= 4 is 5.97 Å². The van der Waals surface area contributed by atoms with Gasteiger partial charge in [-0.3, -0.25) is 14.6 Å². The van der Waals surface area contributed by atoms with Gasteiger partial charge in [-0.1, -0.05) is 19.0 Å². The maximum absolute atomic E-state index is 11.7. The Morgan fingerprint density at radius 3 is 2.86 bits per heavy atom. The van der Waals surface area contributed by atoms with Crippen molar-refractivity contribution in [1.29, 1.82) is 0 Å². The first kappa shape index (κ1) is 15.4. The third-order valence-electron chi connectivity index (χ3n) is 4.54. The number of likely N-dealkylation sites (tertiary alicyclic amines) is 1. The van der Waals surface area contributed by atoms with E-state index in [-0.39, 0.29) is 17.9 Å². The fourth-order valence-electron chi connectivity index (χ4n) is 3.15. The smallest absolute Gasteiger partial charge is 0.323 e. The third kappa shape index (κ3) is 3.15. The first-order chi connectivity index (χ1) is 10.5. The number of hydrogen-bond acceptors (Lipinski definition) is 7. The largest absolute Gasteiger partial charge is 0.464 e. The van der Waals surface area contributed by atoms with Crippen LogP contribution in [0.1, 0.15) is 44.3 Å². The molecule has 0 N–H and O–H groups in total. The van der Waals surface area contributed by atoms with Crippen LogP contribution in [0.15, 0.2) is 4.52 Å². The zero-order valence-corrected chi connectivity index (χ0v) is 13.5. The molecule has 2 fully saturated rings. The Kier molecular flexibility index (Phi) is 4.44. The van der Waals surface area contributed by atoms with Crippen molar-refractivity contribution in [2.75, 3.05) is 26.7 Å². The number of esters is 1. The summed E-state index contributed by atoms with van der Waals surface area (Å²) < 4.78 is 10.3. The lowest BCUT2D eigenvalue weighted by Gasteiger charge is -2.24. The quantitative estimate of drug-likeness (QED) is 0.752. The molecule has 2 saturated heterocycles. The number of likely N-dealkylation sites (N-methyl/N-ethyl adjacent to an activating group) is 1. The predicted octanol–water partition coefficient (Wildman–Crippen LogP) is 1.01. The zero-order valence-electron chi connectivity index (χ0n) is 13.5. The molecular weight excluding hydrogens is 284 g/mol. The highest BCUT2D eigenvalue weighted by Gasteiger charge is 2.37. The van der Waals surface area contributed by atoms with Gasteiger partial charge in [-0.15, -0.1) is 0 Å². The first-order valence-electron chi connectivity index (χ1n) is 7.98. The van der Waals surface area contributed by atoms with Crippen molar-refractivity contribution in [2.45, 2.75) is 51.2 Å². The molecule has 0 aliphatic carbocycles. The van der Waals surface area contributed by atoms with E-state index in [0.717, 1.165) is 31.8 Å². The summed E-state index contributed by atoms with van der Waals surface area (Å²) >= 11 is 0. The summed E-state index contributed by atoms with van der Waals surface area (Å²) in [6.45, 7) is 7.14. The summed E-state index contributed by atoms with van der Waals surface area (Å²) in [5.74, 6) is 1.60. The Hall–Kier alpha value is -1.47. The van der Waals surface area contributed by atoms with E-state index in [9.17, 15) is 4.79 Å². The van der Waals surface area contributed by atoms with Gasteiger partial charge in [0.2, 0.25) is 5.89 Å². The molecule has 0 amide bonds. The minimum atomic E-state index is -0.0666. The lowest BCUT2D eigenvalue weighted by atomic mass is 10.2. The molecular formula is C15H24N4O3. The molecule has 122 valence electrons. The van der Waals surface area contributed by atoms with E-state index in [4.69, 9.17) is 9.26 Å². The third-order valence-corrected chi connectivity index (χ3v) is 4.54. The Bertz CT molecular complexity index is 531. The number of carbonyl (C=O) groups excluding carboxylic acids is 1. The van der Waals surface area contributed by atoms with Crippen LogP contribution < -0.4 is 0 Å². The van der Waals surface area contributed by atoms with Crippen molar-refractivity contribution in [3.63, 3.8) is 0 Å². The number of ether oxygens (including phenoxy) is 1. The second kappa shape index (κ2) is 6.34. The van der Waals surface area contributed by atoms with Gasteiger partial charge in [0.15, 0.2) is 5.82 Å². The topological polar surface area (TPSA) is 71.7 Å². The van der Waals surface area contributed by atoms with Gasteiger partial charge >= 0.3 is 5.97 Å². The molecule has 1 aromatic heterocycles. The van der Waals surface area contributed by atoms with Crippen molar-refractivity contribution in [3.8, 4) is 0 Å². The summed E-state index contributed by atoms with van der Waals surface area (Å²) in [6.07, 6.45) is 1.87. The molecule has 0 unspecified atom stereocenters. The molecule has 0 aromatic carbocycles. The van der Waals surface area contributed by atoms with E-state index in [1.807, 2.05) is 13.8 Å². The molecule has 7 nitrogen and oxygen atoms in total. The second-order valence-electron chi connectivity index (χ2n) is 6.53. The predicted molar refractivity (Wildman–Crippen MR) is 79.2 cm³/mol. The summed E-state index contributed by atoms with van der Waals surface area (Å²) in [6, 6.07) is 0.366. The van der Waals surface area contributed by atoms with Crippen LogP contribution in [0.2, 0.25) is 0 Å². The molecule has 2 aliphatic heterocycles. The number of hydrogen-bond donors (Lipinski definition) is 0. The van der Waals surface area contributed by atoms with Crippen LogP contribution >= 0.6 is 0 Å². The van der Waals surface area contributed by atoms with Crippen molar-refractivity contribution < 1.29 is 14.1 Å². The summed E-state index contributed by atoms with van der Waals surface area (Å²) in [4.78, 5) is 20.6. The van der Waals surface area contributed by atoms with E-state index in [1.165, 1.54) is 0 Å². The molecule has 1 aromatic rings. The van der Waals surface area contributed by atoms with Gasteiger partial charge in [-0.05, 0) is 13.5 Å². The average Bonchev–Trinajstić information content (AvgIpc) is 3.17. The van der Waals surface area contributed by atoms with Crippen LogP contribution in [0.3, 0.4) is 0 Å². The minimum Gasteiger partial charge on any atom is -0.464 e. The van der Waals surface area contributed by atoms with Gasteiger partial charge in [0.25, 0.3) is 0 Å². The fourth-order valence-corrected chi connectivity index (χ4v) is 3.15. The molecule has 3 rings (SSSR count). The first-order valence-corrected chi connectivity index (χ1v) is 7.98. The maximum atomic E-state index is 11.7. The van der Waals surface area contributed by atoms with Gasteiger partial charge in [0, 0.05) is 31.5 Å². The lowest BCUT2D eigenvalue weighted by Crippen LogP contribution is -2.40. The van der Waals surface area contributed by atoms with E-state index in [2.05, 4.69) is 27.0 Å². The number of nitrogens with zero attached hydrogens (tertiary/aromatic N) is 4. The Morgan fingerprint density at radius 1 is 1.41 bits per heavy atom. The van der Waals surface area contributed by atoms with Gasteiger partial charge in [-0.25, -0.2) is 0 Å². The van der Waals surface area contributed by atoms with Gasteiger partial charge in [0.1, 0.15) is 6.04 Å². The normalized spacial score (nSPS) is 26.3.